The molecule has 1 saturated heterocycles. The minimum atomic E-state index is -0.520. The molecule has 0 saturated carbocycles. The highest BCUT2D eigenvalue weighted by atomic mass is 16.6. The fourth-order valence-electron chi connectivity index (χ4n) is 2.56. The number of H-pyrrole nitrogens is 1. The maximum atomic E-state index is 12.3. The highest BCUT2D eigenvalue weighted by molar-refractivity contribution is 5.94. The summed E-state index contributed by atoms with van der Waals surface area (Å²) in [4.78, 5) is 40.2. The van der Waals surface area contributed by atoms with Crippen molar-refractivity contribution in [2.75, 3.05) is 13.1 Å². The van der Waals surface area contributed by atoms with Crippen molar-refractivity contribution < 1.29 is 14.3 Å². The summed E-state index contributed by atoms with van der Waals surface area (Å²) in [5.41, 5.74) is 0.0160. The molecule has 7 heteroatoms. The van der Waals surface area contributed by atoms with Crippen LogP contribution in [0.25, 0.3) is 0 Å². The minimum absolute atomic E-state index is 0.0592. The van der Waals surface area contributed by atoms with Crippen molar-refractivity contribution in [2.45, 2.75) is 52.2 Å². The first-order valence-electron chi connectivity index (χ1n) is 8.14. The van der Waals surface area contributed by atoms with Gasteiger partial charge in [0.1, 0.15) is 11.2 Å². The van der Waals surface area contributed by atoms with Gasteiger partial charge in [0.05, 0.1) is 0 Å². The van der Waals surface area contributed by atoms with E-state index in [-0.39, 0.29) is 23.6 Å². The Morgan fingerprint density at radius 1 is 1.29 bits per heavy atom. The van der Waals surface area contributed by atoms with E-state index >= 15 is 0 Å². The van der Waals surface area contributed by atoms with E-state index in [2.05, 4.69) is 10.3 Å². The van der Waals surface area contributed by atoms with Crippen LogP contribution < -0.4 is 10.9 Å². The second-order valence-electron chi connectivity index (χ2n) is 7.13. The number of aromatic amines is 1. The predicted molar refractivity (Wildman–Crippen MR) is 90.1 cm³/mol. The fraction of sp³-hybridized carbons (Fsp3) is 0.588. The molecular formula is C17H25N3O4. The summed E-state index contributed by atoms with van der Waals surface area (Å²) < 4.78 is 5.35. The van der Waals surface area contributed by atoms with Crippen molar-refractivity contribution in [1.29, 1.82) is 0 Å². The van der Waals surface area contributed by atoms with E-state index in [1.165, 1.54) is 0 Å². The van der Waals surface area contributed by atoms with Crippen LogP contribution >= 0.6 is 0 Å². The van der Waals surface area contributed by atoms with E-state index in [0.717, 1.165) is 5.56 Å². The van der Waals surface area contributed by atoms with Gasteiger partial charge in [0.2, 0.25) is 0 Å². The lowest BCUT2D eigenvalue weighted by molar-refractivity contribution is 0.0199. The van der Waals surface area contributed by atoms with Gasteiger partial charge in [-0.3, -0.25) is 9.59 Å². The summed E-state index contributed by atoms with van der Waals surface area (Å²) in [6, 6.07) is 1.51. The maximum absolute atomic E-state index is 12.3. The summed E-state index contributed by atoms with van der Waals surface area (Å²) in [5, 5.41) is 2.87. The van der Waals surface area contributed by atoms with Gasteiger partial charge in [0.25, 0.3) is 11.5 Å². The molecule has 7 nitrogen and oxygen atoms in total. The number of ether oxygens (including phenoxy) is 1. The Kier molecular flexibility index (Phi) is 5.31. The summed E-state index contributed by atoms with van der Waals surface area (Å²) >= 11 is 0. The van der Waals surface area contributed by atoms with Crippen LogP contribution in [0.1, 0.15) is 49.5 Å². The smallest absolute Gasteiger partial charge is 0.410 e. The highest BCUT2D eigenvalue weighted by Crippen LogP contribution is 2.15. The van der Waals surface area contributed by atoms with Crippen LogP contribution in [0, 0.1) is 6.92 Å². The number of pyridine rings is 1. The molecule has 24 heavy (non-hydrogen) atoms. The molecular weight excluding hydrogens is 310 g/mol. The normalized spacial score (nSPS) is 15.9. The van der Waals surface area contributed by atoms with Crippen LogP contribution in [0.3, 0.4) is 0 Å². The molecule has 2 heterocycles. The molecule has 0 atom stereocenters. The van der Waals surface area contributed by atoms with Gasteiger partial charge >= 0.3 is 6.09 Å². The molecule has 0 bridgehead atoms. The van der Waals surface area contributed by atoms with Gasteiger partial charge in [0.15, 0.2) is 0 Å². The van der Waals surface area contributed by atoms with Crippen molar-refractivity contribution >= 4 is 12.0 Å². The number of nitrogens with zero attached hydrogens (tertiary/aromatic N) is 1. The minimum Gasteiger partial charge on any atom is -0.444 e. The number of carbonyl (C=O) groups excluding carboxylic acids is 2. The molecule has 0 spiro atoms. The van der Waals surface area contributed by atoms with E-state index in [4.69, 9.17) is 4.74 Å². The Morgan fingerprint density at radius 3 is 2.50 bits per heavy atom. The van der Waals surface area contributed by atoms with Crippen LogP contribution in [0.4, 0.5) is 4.79 Å². The van der Waals surface area contributed by atoms with Gasteiger partial charge in [-0.2, -0.15) is 0 Å². The van der Waals surface area contributed by atoms with Crippen LogP contribution in [-0.4, -0.2) is 46.6 Å². The molecule has 1 aliphatic rings. The Morgan fingerprint density at radius 2 is 1.92 bits per heavy atom. The molecule has 1 aromatic heterocycles. The van der Waals surface area contributed by atoms with Crippen LogP contribution in [0.5, 0.6) is 0 Å². The Labute approximate surface area is 141 Å². The summed E-state index contributed by atoms with van der Waals surface area (Å²) in [6.07, 6.45) is 2.50. The molecule has 1 aromatic rings. The number of rotatable bonds is 2. The fourth-order valence-corrected chi connectivity index (χ4v) is 2.56. The van der Waals surface area contributed by atoms with Gasteiger partial charge < -0.3 is 19.9 Å². The van der Waals surface area contributed by atoms with Crippen molar-refractivity contribution in [1.82, 2.24) is 15.2 Å². The van der Waals surface area contributed by atoms with Crippen molar-refractivity contribution in [2.24, 2.45) is 0 Å². The zero-order valence-corrected chi connectivity index (χ0v) is 14.6. The zero-order valence-electron chi connectivity index (χ0n) is 14.6. The lowest BCUT2D eigenvalue weighted by Gasteiger charge is -2.33. The second-order valence-corrected chi connectivity index (χ2v) is 7.13. The maximum Gasteiger partial charge on any atom is 0.410 e. The third kappa shape index (κ3) is 4.84. The summed E-state index contributed by atoms with van der Waals surface area (Å²) in [6.45, 7) is 8.34. The number of likely N-dealkylation sites (tertiary alicyclic amines) is 1. The average molecular weight is 335 g/mol. The lowest BCUT2D eigenvalue weighted by Crippen LogP contribution is -2.48. The van der Waals surface area contributed by atoms with E-state index in [9.17, 15) is 14.4 Å². The number of hydrogen-bond acceptors (Lipinski definition) is 4. The van der Waals surface area contributed by atoms with Gasteiger partial charge in [-0.05, 0) is 52.2 Å². The topological polar surface area (TPSA) is 91.5 Å². The number of carbonyl (C=O) groups is 2. The number of hydrogen-bond donors (Lipinski definition) is 2. The molecule has 0 aliphatic carbocycles. The molecule has 2 amide bonds. The third-order valence-corrected chi connectivity index (χ3v) is 3.77. The molecule has 0 aromatic carbocycles. The molecule has 0 radical (unpaired) electrons. The van der Waals surface area contributed by atoms with Crippen molar-refractivity contribution in [3.63, 3.8) is 0 Å². The number of aromatic nitrogens is 1. The number of aryl methyl sites for hydroxylation is 1. The Hall–Kier alpha value is -2.31. The van der Waals surface area contributed by atoms with Crippen LogP contribution in [0.2, 0.25) is 0 Å². The Bertz CT molecular complexity index is 667. The SMILES string of the molecule is Cc1c[nH]c(=O)c(C(=O)NC2CCN(C(=O)OC(C)(C)C)CC2)c1. The number of nitrogens with one attached hydrogen (secondary N) is 2. The monoisotopic (exact) mass is 335 g/mol. The van der Waals surface area contributed by atoms with E-state index in [0.29, 0.717) is 25.9 Å². The first-order valence-corrected chi connectivity index (χ1v) is 8.14. The molecule has 132 valence electrons. The highest BCUT2D eigenvalue weighted by Gasteiger charge is 2.27. The average Bonchev–Trinajstić information content (AvgIpc) is 2.48. The van der Waals surface area contributed by atoms with Crippen LogP contribution in [0.15, 0.2) is 17.1 Å². The van der Waals surface area contributed by atoms with Gasteiger partial charge in [-0.1, -0.05) is 0 Å². The molecule has 1 aliphatic heterocycles. The molecule has 2 N–H and O–H groups in total. The third-order valence-electron chi connectivity index (χ3n) is 3.77. The molecule has 0 unspecified atom stereocenters. The van der Waals surface area contributed by atoms with E-state index in [1.807, 2.05) is 27.7 Å². The largest absolute Gasteiger partial charge is 0.444 e. The first kappa shape index (κ1) is 18.0. The lowest BCUT2D eigenvalue weighted by atomic mass is 10.0. The predicted octanol–water partition coefficient (Wildman–Crippen LogP) is 1.81. The van der Waals surface area contributed by atoms with Crippen molar-refractivity contribution in [3.05, 3.63) is 33.7 Å². The standard InChI is InChI=1S/C17H25N3O4/c1-11-9-13(14(21)18-10-11)15(22)19-12-5-7-20(8-6-12)16(23)24-17(2,3)4/h9-10,12H,5-8H2,1-4H3,(H,18,21)(H,19,22). The molecule has 1 fully saturated rings. The Balaban J connectivity index is 1.89. The summed E-state index contributed by atoms with van der Waals surface area (Å²) in [5.74, 6) is -0.379. The molecule has 2 rings (SSSR count). The number of amides is 2. The first-order chi connectivity index (χ1) is 11.2. The van der Waals surface area contributed by atoms with Gasteiger partial charge in [0, 0.05) is 25.3 Å². The van der Waals surface area contributed by atoms with E-state index in [1.54, 1.807) is 17.2 Å². The quantitative estimate of drug-likeness (QED) is 0.862. The van der Waals surface area contributed by atoms with Crippen LogP contribution in [-0.2, 0) is 4.74 Å². The van der Waals surface area contributed by atoms with E-state index < -0.39 is 11.2 Å². The zero-order chi connectivity index (χ0) is 17.9. The van der Waals surface area contributed by atoms with Gasteiger partial charge in [-0.25, -0.2) is 4.79 Å². The summed E-state index contributed by atoms with van der Waals surface area (Å²) in [7, 11) is 0. The van der Waals surface area contributed by atoms with Crippen molar-refractivity contribution in [3.8, 4) is 0 Å². The second kappa shape index (κ2) is 7.07. The number of piperidine rings is 1. The van der Waals surface area contributed by atoms with Gasteiger partial charge in [-0.15, -0.1) is 0 Å².